The lowest BCUT2D eigenvalue weighted by molar-refractivity contribution is 0.219. The van der Waals surface area contributed by atoms with Gasteiger partial charge >= 0.3 is 6.03 Å². The summed E-state index contributed by atoms with van der Waals surface area (Å²) < 4.78 is 0. The first-order valence-corrected chi connectivity index (χ1v) is 9.93. The number of hydrogen-bond acceptors (Lipinski definition) is 5. The van der Waals surface area contributed by atoms with Gasteiger partial charge in [0.05, 0.1) is 0 Å². The van der Waals surface area contributed by atoms with Crippen molar-refractivity contribution in [1.82, 2.24) is 30.2 Å². The third-order valence-electron chi connectivity index (χ3n) is 5.05. The molecule has 1 saturated heterocycles. The largest absolute Gasteiger partial charge is 0.366 e. The van der Waals surface area contributed by atoms with Crippen LogP contribution in [0.2, 0.25) is 0 Å². The molecule has 0 atom stereocenters. The zero-order valence-electron chi connectivity index (χ0n) is 16.3. The number of anilines is 1. The van der Waals surface area contributed by atoms with Crippen molar-refractivity contribution in [3.8, 4) is 22.8 Å². The van der Waals surface area contributed by atoms with E-state index in [9.17, 15) is 4.79 Å². The van der Waals surface area contributed by atoms with Gasteiger partial charge in [0.1, 0.15) is 11.3 Å². The molecule has 3 heterocycles. The molecular weight excluding hydrogens is 378 g/mol. The second kappa shape index (κ2) is 7.82. The Morgan fingerprint density at radius 3 is 2.37 bits per heavy atom. The average molecular weight is 399 g/mol. The molecule has 0 aliphatic carbocycles. The van der Waals surface area contributed by atoms with Crippen LogP contribution < -0.4 is 10.6 Å². The van der Waals surface area contributed by atoms with Gasteiger partial charge in [-0.15, -0.1) is 0 Å². The predicted molar refractivity (Wildman–Crippen MR) is 116 cm³/mol. The number of carbonyl (C=O) groups excluding carboxylic acids is 1. The van der Waals surface area contributed by atoms with Gasteiger partial charge in [-0.25, -0.2) is 19.7 Å². The van der Waals surface area contributed by atoms with Crippen LogP contribution in [0.15, 0.2) is 60.7 Å². The van der Waals surface area contributed by atoms with Gasteiger partial charge in [0, 0.05) is 37.3 Å². The number of aromatic amines is 1. The van der Waals surface area contributed by atoms with E-state index < -0.39 is 0 Å². The lowest BCUT2D eigenvalue weighted by atomic mass is 10.2. The van der Waals surface area contributed by atoms with E-state index in [-0.39, 0.29) is 6.03 Å². The highest BCUT2D eigenvalue weighted by Crippen LogP contribution is 2.26. The number of H-pyrrole nitrogens is 1. The number of hydrogen-bond donors (Lipinski definition) is 3. The summed E-state index contributed by atoms with van der Waals surface area (Å²) in [5, 5.41) is 6.18. The fourth-order valence-corrected chi connectivity index (χ4v) is 3.51. The SMILES string of the molecule is O=C1NCCN1CCNc1nc(-c2ccccc2)nc2nc(-c3ccccc3)[nH]c12. The normalized spacial score (nSPS) is 13.6. The van der Waals surface area contributed by atoms with Crippen molar-refractivity contribution < 1.29 is 4.79 Å². The molecule has 5 rings (SSSR count). The topological polar surface area (TPSA) is 98.8 Å². The third kappa shape index (κ3) is 3.55. The fraction of sp³-hybridized carbons (Fsp3) is 0.182. The highest BCUT2D eigenvalue weighted by Gasteiger charge is 2.19. The van der Waals surface area contributed by atoms with E-state index in [1.807, 2.05) is 60.7 Å². The molecule has 4 aromatic rings. The second-order valence-electron chi connectivity index (χ2n) is 7.06. The first kappa shape index (κ1) is 18.1. The van der Waals surface area contributed by atoms with Gasteiger partial charge in [0.2, 0.25) is 0 Å². The molecule has 0 spiro atoms. The number of amides is 2. The molecule has 0 bridgehead atoms. The minimum Gasteiger partial charge on any atom is -0.366 e. The molecule has 2 aromatic carbocycles. The molecule has 150 valence electrons. The highest BCUT2D eigenvalue weighted by atomic mass is 16.2. The minimum atomic E-state index is -0.0255. The van der Waals surface area contributed by atoms with Gasteiger partial charge in [-0.1, -0.05) is 60.7 Å². The lowest BCUT2D eigenvalue weighted by Crippen LogP contribution is -2.32. The molecule has 0 radical (unpaired) electrons. The smallest absolute Gasteiger partial charge is 0.317 e. The van der Waals surface area contributed by atoms with E-state index in [4.69, 9.17) is 9.97 Å². The molecule has 1 aliphatic rings. The number of carbonyl (C=O) groups is 1. The van der Waals surface area contributed by atoms with Crippen molar-refractivity contribution in [3.05, 3.63) is 60.7 Å². The number of imidazole rings is 1. The molecule has 1 fully saturated rings. The van der Waals surface area contributed by atoms with Gasteiger partial charge in [-0.2, -0.15) is 0 Å². The number of rotatable bonds is 6. The van der Waals surface area contributed by atoms with Gasteiger partial charge in [0.25, 0.3) is 0 Å². The van der Waals surface area contributed by atoms with Gasteiger partial charge in [0.15, 0.2) is 17.3 Å². The van der Waals surface area contributed by atoms with Crippen LogP contribution in [0.5, 0.6) is 0 Å². The molecule has 8 heteroatoms. The Morgan fingerprint density at radius 2 is 1.67 bits per heavy atom. The average Bonchev–Trinajstić information content (AvgIpc) is 3.41. The Kier molecular flexibility index (Phi) is 4.72. The van der Waals surface area contributed by atoms with E-state index in [1.54, 1.807) is 4.90 Å². The summed E-state index contributed by atoms with van der Waals surface area (Å²) in [5.74, 6) is 2.02. The molecule has 30 heavy (non-hydrogen) atoms. The molecule has 3 N–H and O–H groups in total. The summed E-state index contributed by atoms with van der Waals surface area (Å²) in [7, 11) is 0. The van der Waals surface area contributed by atoms with Crippen LogP contribution in [-0.4, -0.2) is 57.0 Å². The van der Waals surface area contributed by atoms with Crippen LogP contribution in [-0.2, 0) is 0 Å². The van der Waals surface area contributed by atoms with Crippen molar-refractivity contribution in [2.24, 2.45) is 0 Å². The first-order valence-electron chi connectivity index (χ1n) is 9.93. The third-order valence-corrected chi connectivity index (χ3v) is 5.05. The van der Waals surface area contributed by atoms with Crippen molar-refractivity contribution in [3.63, 3.8) is 0 Å². The number of urea groups is 1. The van der Waals surface area contributed by atoms with Crippen LogP contribution in [0.3, 0.4) is 0 Å². The summed E-state index contributed by atoms with van der Waals surface area (Å²) in [4.78, 5) is 31.0. The van der Waals surface area contributed by atoms with E-state index in [0.29, 0.717) is 36.9 Å². The number of nitrogens with zero attached hydrogens (tertiary/aromatic N) is 4. The summed E-state index contributed by atoms with van der Waals surface area (Å²) in [6.45, 7) is 2.58. The Bertz CT molecular complexity index is 1170. The summed E-state index contributed by atoms with van der Waals surface area (Å²) >= 11 is 0. The van der Waals surface area contributed by atoms with Crippen molar-refractivity contribution in [2.75, 3.05) is 31.5 Å². The summed E-state index contributed by atoms with van der Waals surface area (Å²) in [5.41, 5.74) is 3.26. The monoisotopic (exact) mass is 399 g/mol. The number of benzene rings is 2. The Morgan fingerprint density at radius 1 is 0.933 bits per heavy atom. The first-order chi connectivity index (χ1) is 14.8. The summed E-state index contributed by atoms with van der Waals surface area (Å²) in [6.07, 6.45) is 0. The molecule has 8 nitrogen and oxygen atoms in total. The maximum atomic E-state index is 11.8. The van der Waals surface area contributed by atoms with Gasteiger partial charge in [-0.05, 0) is 0 Å². The highest BCUT2D eigenvalue weighted by molar-refractivity contribution is 5.87. The van der Waals surface area contributed by atoms with Gasteiger partial charge in [-0.3, -0.25) is 0 Å². The second-order valence-corrected chi connectivity index (χ2v) is 7.06. The van der Waals surface area contributed by atoms with Crippen LogP contribution in [0.25, 0.3) is 33.9 Å². The van der Waals surface area contributed by atoms with Gasteiger partial charge < -0.3 is 20.5 Å². The van der Waals surface area contributed by atoms with Crippen molar-refractivity contribution in [1.29, 1.82) is 0 Å². The van der Waals surface area contributed by atoms with E-state index in [2.05, 4.69) is 20.6 Å². The molecule has 1 aliphatic heterocycles. The molecular formula is C22H21N7O. The number of nitrogens with one attached hydrogen (secondary N) is 3. The maximum Gasteiger partial charge on any atom is 0.317 e. The standard InChI is InChI=1S/C22H21N7O/c30-22-24-12-14-29(22)13-11-23-20-17-21(27-18(25-17)15-7-3-1-4-8-15)28-19(26-20)16-9-5-2-6-10-16/h1-10H,11-14H2,(H,24,30)(H2,23,25,26,27,28). The Hall–Kier alpha value is -3.94. The molecule has 2 amide bonds. The van der Waals surface area contributed by atoms with E-state index in [1.165, 1.54) is 0 Å². The molecule has 0 saturated carbocycles. The zero-order valence-corrected chi connectivity index (χ0v) is 16.3. The quantitative estimate of drug-likeness (QED) is 0.463. The number of fused-ring (bicyclic) bond motifs is 1. The van der Waals surface area contributed by atoms with Crippen LogP contribution in [0.4, 0.5) is 10.6 Å². The Balaban J connectivity index is 1.50. The lowest BCUT2D eigenvalue weighted by Gasteiger charge is -2.15. The van der Waals surface area contributed by atoms with E-state index in [0.717, 1.165) is 29.0 Å². The van der Waals surface area contributed by atoms with Crippen molar-refractivity contribution >= 4 is 23.0 Å². The van der Waals surface area contributed by atoms with Crippen molar-refractivity contribution in [2.45, 2.75) is 0 Å². The summed E-state index contributed by atoms with van der Waals surface area (Å²) in [6, 6.07) is 19.7. The zero-order chi connectivity index (χ0) is 20.3. The van der Waals surface area contributed by atoms with Crippen LogP contribution >= 0.6 is 0 Å². The fourth-order valence-electron chi connectivity index (χ4n) is 3.51. The van der Waals surface area contributed by atoms with Crippen LogP contribution in [0.1, 0.15) is 0 Å². The van der Waals surface area contributed by atoms with Crippen LogP contribution in [0, 0.1) is 0 Å². The Labute approximate surface area is 173 Å². The molecule has 0 unspecified atom stereocenters. The number of aromatic nitrogens is 4. The maximum absolute atomic E-state index is 11.8. The predicted octanol–water partition coefficient (Wildman–Crippen LogP) is 3.12. The molecule has 2 aromatic heterocycles. The minimum absolute atomic E-state index is 0.0255. The van der Waals surface area contributed by atoms with E-state index >= 15 is 0 Å².